The summed E-state index contributed by atoms with van der Waals surface area (Å²) in [5.41, 5.74) is 6.04. The first-order chi connectivity index (χ1) is 8.01. The van der Waals surface area contributed by atoms with Gasteiger partial charge in [0.25, 0.3) is 0 Å². The predicted molar refractivity (Wildman–Crippen MR) is 65.3 cm³/mol. The molecule has 3 unspecified atom stereocenters. The third kappa shape index (κ3) is 3.26. The van der Waals surface area contributed by atoms with Crippen molar-refractivity contribution in [1.29, 1.82) is 0 Å². The van der Waals surface area contributed by atoms with Gasteiger partial charge in [-0.05, 0) is 11.8 Å². The van der Waals surface area contributed by atoms with Gasteiger partial charge in [0.15, 0.2) is 0 Å². The zero-order valence-corrected chi connectivity index (χ0v) is 11.3. The molecule has 1 rings (SSSR count). The lowest BCUT2D eigenvalue weighted by molar-refractivity contribution is 0.0555. The Morgan fingerprint density at radius 3 is 2.47 bits per heavy atom. The van der Waals surface area contributed by atoms with Crippen LogP contribution in [-0.4, -0.2) is 17.3 Å². The first-order valence-electron chi connectivity index (χ1n) is 6.13. The number of aromatic nitrogens is 2. The standard InChI is InChI=1S/C12H23N3O2/c1-6-8(4)9(13)12-14-11(15-17-12)10(16-5)7(2)3/h7-10H,6,13H2,1-5H3. The summed E-state index contributed by atoms with van der Waals surface area (Å²) >= 11 is 0. The Hall–Kier alpha value is -0.940. The minimum atomic E-state index is -0.203. The second-order valence-electron chi connectivity index (χ2n) is 4.80. The average Bonchev–Trinajstić information content (AvgIpc) is 2.76. The van der Waals surface area contributed by atoms with Gasteiger partial charge in [0.2, 0.25) is 11.7 Å². The van der Waals surface area contributed by atoms with Gasteiger partial charge in [0.1, 0.15) is 6.10 Å². The molecule has 0 amide bonds. The quantitative estimate of drug-likeness (QED) is 0.828. The highest BCUT2D eigenvalue weighted by atomic mass is 16.5. The van der Waals surface area contributed by atoms with Crippen LogP contribution in [0.15, 0.2) is 4.52 Å². The van der Waals surface area contributed by atoms with Crippen molar-refractivity contribution in [3.8, 4) is 0 Å². The molecule has 0 aliphatic heterocycles. The van der Waals surface area contributed by atoms with Crippen LogP contribution in [0.2, 0.25) is 0 Å². The molecule has 1 heterocycles. The molecule has 0 aliphatic rings. The molecule has 98 valence electrons. The summed E-state index contributed by atoms with van der Waals surface area (Å²) in [5, 5.41) is 3.96. The first kappa shape index (κ1) is 14.1. The van der Waals surface area contributed by atoms with E-state index in [2.05, 4.69) is 37.8 Å². The topological polar surface area (TPSA) is 74.2 Å². The maximum absolute atomic E-state index is 6.04. The molecule has 0 saturated heterocycles. The van der Waals surface area contributed by atoms with Crippen molar-refractivity contribution in [2.45, 2.75) is 46.3 Å². The highest BCUT2D eigenvalue weighted by Gasteiger charge is 2.25. The van der Waals surface area contributed by atoms with Crippen LogP contribution >= 0.6 is 0 Å². The van der Waals surface area contributed by atoms with Gasteiger partial charge in [-0.2, -0.15) is 4.98 Å². The van der Waals surface area contributed by atoms with Crippen molar-refractivity contribution < 1.29 is 9.26 Å². The molecule has 1 aromatic heterocycles. The molecule has 5 nitrogen and oxygen atoms in total. The minimum absolute atomic E-state index is 0.142. The summed E-state index contributed by atoms with van der Waals surface area (Å²) < 4.78 is 10.6. The largest absolute Gasteiger partial charge is 0.373 e. The van der Waals surface area contributed by atoms with E-state index in [4.69, 9.17) is 15.0 Å². The van der Waals surface area contributed by atoms with Crippen molar-refractivity contribution in [2.75, 3.05) is 7.11 Å². The van der Waals surface area contributed by atoms with Crippen LogP contribution in [-0.2, 0) is 4.74 Å². The summed E-state index contributed by atoms with van der Waals surface area (Å²) in [7, 11) is 1.65. The second kappa shape index (κ2) is 6.12. The van der Waals surface area contributed by atoms with E-state index < -0.39 is 0 Å². The molecule has 0 bridgehead atoms. The van der Waals surface area contributed by atoms with E-state index in [9.17, 15) is 0 Å². The summed E-state index contributed by atoms with van der Waals surface area (Å²) in [6.45, 7) is 8.27. The van der Waals surface area contributed by atoms with E-state index in [1.807, 2.05) is 0 Å². The third-order valence-electron chi connectivity index (χ3n) is 3.11. The maximum atomic E-state index is 6.04. The van der Waals surface area contributed by atoms with Gasteiger partial charge in [0, 0.05) is 7.11 Å². The van der Waals surface area contributed by atoms with Crippen molar-refractivity contribution in [2.24, 2.45) is 17.6 Å². The summed E-state index contributed by atoms with van der Waals surface area (Å²) in [6, 6.07) is -0.203. The average molecular weight is 241 g/mol. The maximum Gasteiger partial charge on any atom is 0.243 e. The van der Waals surface area contributed by atoms with E-state index in [-0.39, 0.29) is 12.1 Å². The van der Waals surface area contributed by atoms with Crippen molar-refractivity contribution in [1.82, 2.24) is 10.1 Å². The third-order valence-corrected chi connectivity index (χ3v) is 3.11. The van der Waals surface area contributed by atoms with Crippen LogP contribution in [0.5, 0.6) is 0 Å². The molecule has 0 spiro atoms. The number of nitrogens with two attached hydrogens (primary N) is 1. The molecular formula is C12H23N3O2. The Morgan fingerprint density at radius 2 is 2.00 bits per heavy atom. The van der Waals surface area contributed by atoms with Gasteiger partial charge in [-0.1, -0.05) is 39.3 Å². The molecule has 0 saturated carbocycles. The van der Waals surface area contributed by atoms with Crippen LogP contribution in [0.4, 0.5) is 0 Å². The number of nitrogens with zero attached hydrogens (tertiary/aromatic N) is 2. The predicted octanol–water partition coefficient (Wildman–Crippen LogP) is 2.46. The molecule has 5 heteroatoms. The smallest absolute Gasteiger partial charge is 0.243 e. The van der Waals surface area contributed by atoms with Crippen LogP contribution in [0.1, 0.15) is 58.0 Å². The fourth-order valence-corrected chi connectivity index (χ4v) is 1.67. The van der Waals surface area contributed by atoms with Gasteiger partial charge in [-0.15, -0.1) is 0 Å². The van der Waals surface area contributed by atoms with Gasteiger partial charge in [-0.25, -0.2) is 0 Å². The molecule has 0 radical (unpaired) electrons. The van der Waals surface area contributed by atoms with Crippen LogP contribution in [0.25, 0.3) is 0 Å². The highest BCUT2D eigenvalue weighted by molar-refractivity contribution is 4.97. The normalized spacial score (nSPS) is 17.1. The monoisotopic (exact) mass is 241 g/mol. The zero-order chi connectivity index (χ0) is 13.0. The van der Waals surface area contributed by atoms with E-state index in [1.54, 1.807) is 7.11 Å². The van der Waals surface area contributed by atoms with Gasteiger partial charge < -0.3 is 15.0 Å². The molecule has 0 aromatic carbocycles. The Bertz CT molecular complexity index is 338. The minimum Gasteiger partial charge on any atom is -0.373 e. The fourth-order valence-electron chi connectivity index (χ4n) is 1.67. The SMILES string of the molecule is CCC(C)C(N)c1nc(C(OC)C(C)C)no1. The summed E-state index contributed by atoms with van der Waals surface area (Å²) in [5.74, 6) is 1.70. The highest BCUT2D eigenvalue weighted by Crippen LogP contribution is 2.25. The molecule has 3 atom stereocenters. The molecule has 0 aliphatic carbocycles. The van der Waals surface area contributed by atoms with Crippen molar-refractivity contribution in [3.63, 3.8) is 0 Å². The number of methoxy groups -OCH3 is 1. The molecular weight excluding hydrogens is 218 g/mol. The molecule has 1 aromatic rings. The number of hydrogen-bond donors (Lipinski definition) is 1. The lowest BCUT2D eigenvalue weighted by Crippen LogP contribution is -2.19. The second-order valence-corrected chi connectivity index (χ2v) is 4.80. The number of hydrogen-bond acceptors (Lipinski definition) is 5. The van der Waals surface area contributed by atoms with E-state index in [1.165, 1.54) is 0 Å². The number of rotatable bonds is 6. The number of ether oxygens (including phenoxy) is 1. The lowest BCUT2D eigenvalue weighted by atomic mass is 10.0. The zero-order valence-electron chi connectivity index (χ0n) is 11.3. The molecule has 2 N–H and O–H groups in total. The van der Waals surface area contributed by atoms with Crippen molar-refractivity contribution in [3.05, 3.63) is 11.7 Å². The van der Waals surface area contributed by atoms with Crippen LogP contribution in [0, 0.1) is 11.8 Å². The van der Waals surface area contributed by atoms with Crippen LogP contribution in [0.3, 0.4) is 0 Å². The van der Waals surface area contributed by atoms with Gasteiger partial charge >= 0.3 is 0 Å². The van der Waals surface area contributed by atoms with Gasteiger partial charge in [-0.3, -0.25) is 0 Å². The summed E-state index contributed by atoms with van der Waals surface area (Å²) in [6.07, 6.45) is 0.841. The Balaban J connectivity index is 2.83. The van der Waals surface area contributed by atoms with Gasteiger partial charge in [0.05, 0.1) is 6.04 Å². The van der Waals surface area contributed by atoms with E-state index in [0.717, 1.165) is 6.42 Å². The van der Waals surface area contributed by atoms with Crippen molar-refractivity contribution >= 4 is 0 Å². The molecule has 0 fully saturated rings. The van der Waals surface area contributed by atoms with Crippen LogP contribution < -0.4 is 5.73 Å². The van der Waals surface area contributed by atoms with E-state index >= 15 is 0 Å². The Labute approximate surface area is 103 Å². The Kier molecular flexibility index (Phi) is 5.08. The summed E-state index contributed by atoms with van der Waals surface area (Å²) in [4.78, 5) is 4.34. The van der Waals surface area contributed by atoms with E-state index in [0.29, 0.717) is 23.6 Å². The lowest BCUT2D eigenvalue weighted by Gasteiger charge is -2.15. The fraction of sp³-hybridized carbons (Fsp3) is 0.833. The first-order valence-corrected chi connectivity index (χ1v) is 6.13. The molecule has 17 heavy (non-hydrogen) atoms. The Morgan fingerprint density at radius 1 is 1.35 bits per heavy atom.